The highest BCUT2D eigenvalue weighted by Gasteiger charge is 2.19. The molecule has 1 aliphatic rings. The second-order valence-corrected chi connectivity index (χ2v) is 5.90. The zero-order valence-corrected chi connectivity index (χ0v) is 13.1. The van der Waals surface area contributed by atoms with Crippen molar-refractivity contribution in [3.05, 3.63) is 29.8 Å². The van der Waals surface area contributed by atoms with Gasteiger partial charge in [-0.05, 0) is 57.9 Å². The molecule has 1 N–H and O–H groups in total. The van der Waals surface area contributed by atoms with Crippen molar-refractivity contribution in [2.45, 2.75) is 52.2 Å². The lowest BCUT2D eigenvalue weighted by atomic mass is 10.1. The smallest absolute Gasteiger partial charge is 0.119 e. The Labute approximate surface area is 123 Å². The van der Waals surface area contributed by atoms with Crippen molar-refractivity contribution < 1.29 is 4.74 Å². The lowest BCUT2D eigenvalue weighted by Gasteiger charge is -2.29. The quantitative estimate of drug-likeness (QED) is 0.828. The standard InChI is InChI=1S/C17H28N2O/c1-4-20-17-9-5-7-15(11-17)12-19(14(2)3)13-16-8-6-10-18-16/h5,7,9,11,14,16,18H,4,6,8,10,12-13H2,1-3H3. The highest BCUT2D eigenvalue weighted by Crippen LogP contribution is 2.17. The van der Waals surface area contributed by atoms with Gasteiger partial charge in [0.25, 0.3) is 0 Å². The van der Waals surface area contributed by atoms with Crippen molar-refractivity contribution in [1.82, 2.24) is 10.2 Å². The Morgan fingerprint density at radius 3 is 2.90 bits per heavy atom. The van der Waals surface area contributed by atoms with Crippen LogP contribution in [0, 0.1) is 0 Å². The van der Waals surface area contributed by atoms with E-state index >= 15 is 0 Å². The Morgan fingerprint density at radius 1 is 1.40 bits per heavy atom. The highest BCUT2D eigenvalue weighted by atomic mass is 16.5. The van der Waals surface area contributed by atoms with E-state index in [1.54, 1.807) is 0 Å². The van der Waals surface area contributed by atoms with Crippen LogP contribution in [-0.2, 0) is 6.54 Å². The van der Waals surface area contributed by atoms with Crippen LogP contribution in [0.1, 0.15) is 39.2 Å². The van der Waals surface area contributed by atoms with E-state index in [0.717, 1.165) is 25.4 Å². The van der Waals surface area contributed by atoms with Gasteiger partial charge in [0.15, 0.2) is 0 Å². The van der Waals surface area contributed by atoms with Gasteiger partial charge in [-0.15, -0.1) is 0 Å². The first kappa shape index (κ1) is 15.3. The van der Waals surface area contributed by atoms with Crippen LogP contribution in [-0.4, -0.2) is 36.7 Å². The molecule has 20 heavy (non-hydrogen) atoms. The summed E-state index contributed by atoms with van der Waals surface area (Å²) in [7, 11) is 0. The predicted octanol–water partition coefficient (Wildman–Crippen LogP) is 3.05. The van der Waals surface area contributed by atoms with Crippen LogP contribution in [0.15, 0.2) is 24.3 Å². The van der Waals surface area contributed by atoms with E-state index in [1.807, 2.05) is 13.0 Å². The third kappa shape index (κ3) is 4.50. The number of rotatable bonds is 7. The Bertz CT molecular complexity index is 400. The molecule has 1 atom stereocenters. The molecule has 1 heterocycles. The number of nitrogens with zero attached hydrogens (tertiary/aromatic N) is 1. The fourth-order valence-corrected chi connectivity index (χ4v) is 2.79. The van der Waals surface area contributed by atoms with Gasteiger partial charge in [0.05, 0.1) is 6.61 Å². The van der Waals surface area contributed by atoms with Gasteiger partial charge in [-0.3, -0.25) is 4.90 Å². The van der Waals surface area contributed by atoms with Crippen LogP contribution < -0.4 is 10.1 Å². The van der Waals surface area contributed by atoms with E-state index in [9.17, 15) is 0 Å². The molecule has 0 aliphatic carbocycles. The van der Waals surface area contributed by atoms with E-state index in [1.165, 1.54) is 24.9 Å². The van der Waals surface area contributed by atoms with E-state index in [-0.39, 0.29) is 0 Å². The molecule has 112 valence electrons. The van der Waals surface area contributed by atoms with Crippen molar-refractivity contribution in [1.29, 1.82) is 0 Å². The molecular formula is C17H28N2O. The highest BCUT2D eigenvalue weighted by molar-refractivity contribution is 5.28. The first-order valence-corrected chi connectivity index (χ1v) is 7.88. The minimum atomic E-state index is 0.563. The monoisotopic (exact) mass is 276 g/mol. The zero-order chi connectivity index (χ0) is 14.4. The fraction of sp³-hybridized carbons (Fsp3) is 0.647. The third-order valence-electron chi connectivity index (χ3n) is 3.94. The van der Waals surface area contributed by atoms with E-state index < -0.39 is 0 Å². The molecule has 1 fully saturated rings. The van der Waals surface area contributed by atoms with Crippen molar-refractivity contribution in [3.8, 4) is 5.75 Å². The van der Waals surface area contributed by atoms with Crippen LogP contribution in [0.3, 0.4) is 0 Å². The van der Waals surface area contributed by atoms with E-state index in [0.29, 0.717) is 12.1 Å². The second-order valence-electron chi connectivity index (χ2n) is 5.90. The van der Waals surface area contributed by atoms with Crippen LogP contribution in [0.4, 0.5) is 0 Å². The molecule has 3 heteroatoms. The molecule has 3 nitrogen and oxygen atoms in total. The number of hydrogen-bond donors (Lipinski definition) is 1. The summed E-state index contributed by atoms with van der Waals surface area (Å²) in [6.45, 7) is 10.6. The molecule has 1 unspecified atom stereocenters. The Kier molecular flexibility index (Phi) is 5.86. The van der Waals surface area contributed by atoms with Gasteiger partial charge in [0, 0.05) is 25.2 Å². The lowest BCUT2D eigenvalue weighted by molar-refractivity contribution is 0.194. The minimum Gasteiger partial charge on any atom is -0.494 e. The van der Waals surface area contributed by atoms with Crippen molar-refractivity contribution >= 4 is 0 Å². The topological polar surface area (TPSA) is 24.5 Å². The first-order valence-electron chi connectivity index (χ1n) is 7.88. The van der Waals surface area contributed by atoms with Gasteiger partial charge in [-0.1, -0.05) is 12.1 Å². The summed E-state index contributed by atoms with van der Waals surface area (Å²) in [5.41, 5.74) is 1.34. The first-order chi connectivity index (χ1) is 9.69. The number of nitrogens with one attached hydrogen (secondary N) is 1. The van der Waals surface area contributed by atoms with Crippen molar-refractivity contribution in [2.75, 3.05) is 19.7 Å². The summed E-state index contributed by atoms with van der Waals surface area (Å²) in [6.07, 6.45) is 2.62. The Balaban J connectivity index is 1.97. The molecule has 2 rings (SSSR count). The van der Waals surface area contributed by atoms with Gasteiger partial charge in [0.2, 0.25) is 0 Å². The van der Waals surface area contributed by atoms with E-state index in [2.05, 4.69) is 42.3 Å². The number of hydrogen-bond acceptors (Lipinski definition) is 3. The van der Waals surface area contributed by atoms with Gasteiger partial charge in [-0.25, -0.2) is 0 Å². The largest absolute Gasteiger partial charge is 0.494 e. The molecule has 0 saturated carbocycles. The number of benzene rings is 1. The summed E-state index contributed by atoms with van der Waals surface area (Å²) < 4.78 is 5.59. The zero-order valence-electron chi connectivity index (χ0n) is 13.1. The van der Waals surface area contributed by atoms with Gasteiger partial charge in [0.1, 0.15) is 5.75 Å². The lowest BCUT2D eigenvalue weighted by Crippen LogP contribution is -2.40. The second kappa shape index (κ2) is 7.65. The van der Waals surface area contributed by atoms with Crippen LogP contribution in [0.25, 0.3) is 0 Å². The van der Waals surface area contributed by atoms with Gasteiger partial charge >= 0.3 is 0 Å². The van der Waals surface area contributed by atoms with Gasteiger partial charge < -0.3 is 10.1 Å². The molecule has 1 aromatic rings. The Morgan fingerprint density at radius 2 is 2.25 bits per heavy atom. The summed E-state index contributed by atoms with van der Waals surface area (Å²) in [4.78, 5) is 2.55. The normalized spacial score (nSPS) is 18.9. The summed E-state index contributed by atoms with van der Waals surface area (Å²) in [5, 5.41) is 3.59. The third-order valence-corrected chi connectivity index (χ3v) is 3.94. The van der Waals surface area contributed by atoms with Crippen molar-refractivity contribution in [2.24, 2.45) is 0 Å². The predicted molar refractivity (Wildman–Crippen MR) is 84.2 cm³/mol. The summed E-state index contributed by atoms with van der Waals surface area (Å²) in [6, 6.07) is 9.71. The van der Waals surface area contributed by atoms with Crippen LogP contribution in [0.2, 0.25) is 0 Å². The van der Waals surface area contributed by atoms with Crippen LogP contribution >= 0.6 is 0 Å². The molecule has 0 spiro atoms. The average molecular weight is 276 g/mol. The summed E-state index contributed by atoms with van der Waals surface area (Å²) in [5.74, 6) is 0.979. The van der Waals surface area contributed by atoms with Gasteiger partial charge in [-0.2, -0.15) is 0 Å². The van der Waals surface area contributed by atoms with Crippen molar-refractivity contribution in [3.63, 3.8) is 0 Å². The summed E-state index contributed by atoms with van der Waals surface area (Å²) >= 11 is 0. The SMILES string of the molecule is CCOc1cccc(CN(CC2CCCN2)C(C)C)c1. The van der Waals surface area contributed by atoms with Crippen LogP contribution in [0.5, 0.6) is 5.75 Å². The maximum absolute atomic E-state index is 5.59. The average Bonchev–Trinajstić information content (AvgIpc) is 2.92. The van der Waals surface area contributed by atoms with E-state index in [4.69, 9.17) is 4.74 Å². The molecule has 1 saturated heterocycles. The maximum atomic E-state index is 5.59. The molecule has 0 bridgehead atoms. The Hall–Kier alpha value is -1.06. The molecule has 1 aliphatic heterocycles. The molecule has 1 aromatic carbocycles. The molecule has 0 radical (unpaired) electrons. The minimum absolute atomic E-state index is 0.563. The molecule has 0 aromatic heterocycles. The molecule has 0 amide bonds. The fourth-order valence-electron chi connectivity index (χ4n) is 2.79. The maximum Gasteiger partial charge on any atom is 0.119 e. The molecular weight excluding hydrogens is 248 g/mol. The number of ether oxygens (including phenoxy) is 1.